The first-order valence-corrected chi connectivity index (χ1v) is 13.5. The zero-order valence-electron chi connectivity index (χ0n) is 20.1. The normalized spacial score (nSPS) is 18.1. The molecule has 3 aromatic carbocycles. The van der Waals surface area contributed by atoms with Crippen molar-refractivity contribution in [2.75, 3.05) is 31.1 Å². The van der Waals surface area contributed by atoms with Gasteiger partial charge in [-0.3, -0.25) is 14.7 Å². The zero-order valence-corrected chi connectivity index (χ0v) is 21.0. The number of phosphoric ester groups is 1. The molecular formula is C26H27F2N2O6P. The fourth-order valence-electron chi connectivity index (χ4n) is 4.67. The van der Waals surface area contributed by atoms with Crippen LogP contribution in [0.4, 0.5) is 20.2 Å². The summed E-state index contributed by atoms with van der Waals surface area (Å²) in [5, 5.41) is 0. The number of benzene rings is 3. The standard InChI is InChI=1S/C26H27F2N2O6P/c1-2-11-29-14-21(15-29)35-25-10-7-19(12-22(25)28)30-23-9-8-20(36-37(31,32)33)13-26(23)34-16-24(30)17-3-5-18(27)6-4-17/h3-10,12-13,21,24H,2,11,14-16H2,1H3,(H2,31,32,33)/t24-/m0/s1. The van der Waals surface area contributed by atoms with Gasteiger partial charge in [-0.05, 0) is 54.9 Å². The summed E-state index contributed by atoms with van der Waals surface area (Å²) in [5.74, 6) is -0.496. The van der Waals surface area contributed by atoms with Crippen molar-refractivity contribution in [1.29, 1.82) is 0 Å². The lowest BCUT2D eigenvalue weighted by Crippen LogP contribution is -2.53. The van der Waals surface area contributed by atoms with Gasteiger partial charge < -0.3 is 18.9 Å². The Morgan fingerprint density at radius 1 is 1.05 bits per heavy atom. The van der Waals surface area contributed by atoms with Crippen molar-refractivity contribution in [3.05, 3.63) is 77.9 Å². The summed E-state index contributed by atoms with van der Waals surface area (Å²) in [6.07, 6.45) is 0.995. The molecule has 1 fully saturated rings. The van der Waals surface area contributed by atoms with Gasteiger partial charge in [0.05, 0.1) is 11.7 Å². The molecule has 2 heterocycles. The van der Waals surface area contributed by atoms with Crippen molar-refractivity contribution in [3.63, 3.8) is 0 Å². The highest BCUT2D eigenvalue weighted by molar-refractivity contribution is 7.46. The SMILES string of the molecule is CCCN1CC(Oc2ccc(N3c4ccc(OP(=O)(O)O)cc4OC[C@H]3c3ccc(F)cc3)cc2F)C1. The minimum Gasteiger partial charge on any atom is -0.489 e. The molecule has 2 N–H and O–H groups in total. The first kappa shape index (κ1) is 25.5. The van der Waals surface area contributed by atoms with Gasteiger partial charge in [-0.2, -0.15) is 0 Å². The second-order valence-electron chi connectivity index (χ2n) is 9.07. The van der Waals surface area contributed by atoms with Gasteiger partial charge in [0.1, 0.15) is 30.0 Å². The molecule has 1 atom stereocenters. The van der Waals surface area contributed by atoms with E-state index >= 15 is 4.39 Å². The van der Waals surface area contributed by atoms with E-state index in [4.69, 9.17) is 23.8 Å². The van der Waals surface area contributed by atoms with E-state index in [-0.39, 0.29) is 30.0 Å². The molecule has 0 amide bonds. The van der Waals surface area contributed by atoms with Crippen molar-refractivity contribution in [3.8, 4) is 17.2 Å². The van der Waals surface area contributed by atoms with Crippen LogP contribution in [0.3, 0.4) is 0 Å². The maximum absolute atomic E-state index is 15.2. The molecule has 5 rings (SSSR count). The lowest BCUT2D eigenvalue weighted by Gasteiger charge is -2.40. The number of fused-ring (bicyclic) bond motifs is 1. The molecule has 0 saturated carbocycles. The lowest BCUT2D eigenvalue weighted by molar-refractivity contribution is 0.0179. The van der Waals surface area contributed by atoms with Crippen LogP contribution >= 0.6 is 7.82 Å². The van der Waals surface area contributed by atoms with Crippen LogP contribution in [-0.4, -0.2) is 47.0 Å². The van der Waals surface area contributed by atoms with Crippen molar-refractivity contribution in [1.82, 2.24) is 4.90 Å². The number of hydrogen-bond donors (Lipinski definition) is 2. The number of phosphoric acid groups is 1. The molecule has 0 bridgehead atoms. The number of anilines is 2. The highest BCUT2D eigenvalue weighted by atomic mass is 31.2. The molecule has 0 spiro atoms. The van der Waals surface area contributed by atoms with Crippen LogP contribution in [0.15, 0.2) is 60.7 Å². The summed E-state index contributed by atoms with van der Waals surface area (Å²) in [6.45, 7) is 4.74. The average molecular weight is 532 g/mol. The Bertz CT molecular complexity index is 1310. The lowest BCUT2D eigenvalue weighted by atomic mass is 10.0. The van der Waals surface area contributed by atoms with Gasteiger partial charge >= 0.3 is 7.82 Å². The fraction of sp³-hybridized carbons (Fsp3) is 0.308. The van der Waals surface area contributed by atoms with Crippen LogP contribution in [0.5, 0.6) is 17.2 Å². The molecule has 196 valence electrons. The zero-order chi connectivity index (χ0) is 26.2. The molecule has 2 aliphatic rings. The van der Waals surface area contributed by atoms with Crippen molar-refractivity contribution >= 4 is 19.2 Å². The van der Waals surface area contributed by atoms with E-state index in [1.54, 1.807) is 30.3 Å². The van der Waals surface area contributed by atoms with E-state index in [1.807, 2.05) is 4.90 Å². The van der Waals surface area contributed by atoms with E-state index < -0.39 is 19.7 Å². The molecule has 0 unspecified atom stereocenters. The third kappa shape index (κ3) is 5.72. The van der Waals surface area contributed by atoms with Crippen molar-refractivity contribution in [2.45, 2.75) is 25.5 Å². The molecule has 11 heteroatoms. The smallest absolute Gasteiger partial charge is 0.489 e. The summed E-state index contributed by atoms with van der Waals surface area (Å²) < 4.78 is 56.6. The Balaban J connectivity index is 1.46. The minimum absolute atomic E-state index is 0.0598. The third-order valence-electron chi connectivity index (χ3n) is 6.33. The summed E-state index contributed by atoms with van der Waals surface area (Å²) >= 11 is 0. The highest BCUT2D eigenvalue weighted by Gasteiger charge is 2.33. The Labute approximate surface area is 213 Å². The van der Waals surface area contributed by atoms with Crippen LogP contribution in [0.2, 0.25) is 0 Å². The van der Waals surface area contributed by atoms with Gasteiger partial charge in [0.2, 0.25) is 0 Å². The van der Waals surface area contributed by atoms with Crippen LogP contribution in [0, 0.1) is 11.6 Å². The van der Waals surface area contributed by atoms with Crippen LogP contribution < -0.4 is 18.9 Å². The van der Waals surface area contributed by atoms with E-state index in [0.717, 1.165) is 31.6 Å². The van der Waals surface area contributed by atoms with Gasteiger partial charge in [0.25, 0.3) is 0 Å². The quantitative estimate of drug-likeness (QED) is 0.384. The monoisotopic (exact) mass is 532 g/mol. The Hall–Kier alpha value is -3.17. The van der Waals surface area contributed by atoms with Gasteiger partial charge in [-0.15, -0.1) is 0 Å². The van der Waals surface area contributed by atoms with E-state index in [2.05, 4.69) is 11.8 Å². The molecule has 8 nitrogen and oxygen atoms in total. The van der Waals surface area contributed by atoms with Gasteiger partial charge in [-0.1, -0.05) is 19.1 Å². The molecule has 2 aliphatic heterocycles. The Kier molecular flexibility index (Phi) is 7.09. The summed E-state index contributed by atoms with van der Waals surface area (Å²) in [7, 11) is -4.76. The third-order valence-corrected chi connectivity index (χ3v) is 6.78. The second kappa shape index (κ2) is 10.3. The topological polar surface area (TPSA) is 91.7 Å². The number of ether oxygens (including phenoxy) is 2. The second-order valence-corrected chi connectivity index (χ2v) is 10.2. The van der Waals surface area contributed by atoms with Gasteiger partial charge in [0.15, 0.2) is 11.6 Å². The first-order chi connectivity index (χ1) is 17.7. The summed E-state index contributed by atoms with van der Waals surface area (Å²) in [4.78, 5) is 22.4. The van der Waals surface area contributed by atoms with Crippen LogP contribution in [-0.2, 0) is 4.57 Å². The first-order valence-electron chi connectivity index (χ1n) is 12.0. The Morgan fingerprint density at radius 2 is 1.81 bits per heavy atom. The van der Waals surface area contributed by atoms with Gasteiger partial charge in [-0.25, -0.2) is 13.3 Å². The largest absolute Gasteiger partial charge is 0.524 e. The molecular weight excluding hydrogens is 505 g/mol. The fourth-order valence-corrected chi connectivity index (χ4v) is 5.06. The number of nitrogens with zero attached hydrogens (tertiary/aromatic N) is 2. The minimum atomic E-state index is -4.76. The van der Waals surface area contributed by atoms with E-state index in [0.29, 0.717) is 17.1 Å². The molecule has 0 radical (unpaired) electrons. The van der Waals surface area contributed by atoms with Crippen LogP contribution in [0.25, 0.3) is 0 Å². The summed E-state index contributed by atoms with van der Waals surface area (Å²) in [6, 6.07) is 14.6. The molecule has 1 saturated heterocycles. The predicted molar refractivity (Wildman–Crippen MR) is 133 cm³/mol. The van der Waals surface area contributed by atoms with E-state index in [1.165, 1.54) is 30.3 Å². The average Bonchev–Trinajstić information content (AvgIpc) is 2.82. The molecule has 0 aliphatic carbocycles. The van der Waals surface area contributed by atoms with Gasteiger partial charge in [0, 0.05) is 30.9 Å². The van der Waals surface area contributed by atoms with Crippen molar-refractivity contribution < 1.29 is 37.1 Å². The molecule has 3 aromatic rings. The maximum atomic E-state index is 15.2. The molecule has 37 heavy (non-hydrogen) atoms. The molecule has 0 aromatic heterocycles. The van der Waals surface area contributed by atoms with Crippen LogP contribution in [0.1, 0.15) is 24.9 Å². The summed E-state index contributed by atoms with van der Waals surface area (Å²) in [5.41, 5.74) is 1.78. The highest BCUT2D eigenvalue weighted by Crippen LogP contribution is 2.48. The number of hydrogen-bond acceptors (Lipinski definition) is 6. The number of halogens is 2. The van der Waals surface area contributed by atoms with Crippen molar-refractivity contribution in [2.24, 2.45) is 0 Å². The predicted octanol–water partition coefficient (Wildman–Crippen LogP) is 5.18. The van der Waals surface area contributed by atoms with E-state index in [9.17, 15) is 8.96 Å². The number of rotatable bonds is 8. The maximum Gasteiger partial charge on any atom is 0.524 e. The number of likely N-dealkylation sites (tertiary alicyclic amines) is 1. The Morgan fingerprint density at radius 3 is 2.49 bits per heavy atom.